The molecule has 0 saturated carbocycles. The van der Waals surface area contributed by atoms with Crippen LogP contribution in [0.2, 0.25) is 0 Å². The molecular weight excluding hydrogens is 256 g/mol. The number of nitrogen functional groups attached to an aromatic ring is 1. The zero-order chi connectivity index (χ0) is 14.7. The van der Waals surface area contributed by atoms with E-state index in [4.69, 9.17) is 11.6 Å². The van der Waals surface area contributed by atoms with Crippen LogP contribution < -0.4 is 21.9 Å². The van der Waals surface area contributed by atoms with Crippen molar-refractivity contribution >= 4 is 17.5 Å². The molecule has 0 spiro atoms. The van der Waals surface area contributed by atoms with Gasteiger partial charge < -0.3 is 16.1 Å². The molecule has 1 amide bonds. The Kier molecular flexibility index (Phi) is 4.39. The van der Waals surface area contributed by atoms with Crippen LogP contribution in [0.5, 0.6) is 0 Å². The predicted molar refractivity (Wildman–Crippen MR) is 77.9 cm³/mol. The molecule has 7 heteroatoms. The van der Waals surface area contributed by atoms with E-state index < -0.39 is 0 Å². The highest BCUT2D eigenvalue weighted by atomic mass is 16.1. The van der Waals surface area contributed by atoms with E-state index in [1.807, 2.05) is 6.92 Å². The van der Waals surface area contributed by atoms with Crippen LogP contribution in [0.1, 0.15) is 32.3 Å². The third-order valence-electron chi connectivity index (χ3n) is 3.97. The van der Waals surface area contributed by atoms with Crippen LogP contribution in [-0.2, 0) is 11.2 Å². The number of aromatic nitrogens is 2. The molecule has 1 saturated heterocycles. The normalized spacial score (nSPS) is 22.6. The number of carbonyl (C=O) groups is 1. The standard InChI is InChI=1S/C13H22N6O/c1-3-10-12(18-15)16-7-17-13(10)19-6-9(11(14)20)5-4-8(19)2/h7-9H,3-6,15H2,1-2H3,(H2,14,20)(H,16,17,18). The van der Waals surface area contributed by atoms with E-state index in [1.54, 1.807) is 0 Å². The van der Waals surface area contributed by atoms with E-state index in [0.717, 1.165) is 30.6 Å². The molecule has 2 rings (SSSR count). The van der Waals surface area contributed by atoms with Gasteiger partial charge in [-0.15, -0.1) is 0 Å². The number of rotatable bonds is 4. The van der Waals surface area contributed by atoms with Crippen molar-refractivity contribution < 1.29 is 4.79 Å². The summed E-state index contributed by atoms with van der Waals surface area (Å²) in [6.07, 6.45) is 4.01. The summed E-state index contributed by atoms with van der Waals surface area (Å²) in [5, 5.41) is 0. The highest BCUT2D eigenvalue weighted by molar-refractivity contribution is 5.77. The van der Waals surface area contributed by atoms with Crippen molar-refractivity contribution in [3.8, 4) is 0 Å². The maximum absolute atomic E-state index is 11.4. The van der Waals surface area contributed by atoms with Gasteiger partial charge in [-0.05, 0) is 26.2 Å². The number of piperidine rings is 1. The summed E-state index contributed by atoms with van der Waals surface area (Å²) in [6, 6.07) is 0.316. The van der Waals surface area contributed by atoms with Crippen LogP contribution in [0.3, 0.4) is 0 Å². The summed E-state index contributed by atoms with van der Waals surface area (Å²) in [5.74, 6) is 6.60. The highest BCUT2D eigenvalue weighted by Crippen LogP contribution is 2.30. The summed E-state index contributed by atoms with van der Waals surface area (Å²) in [4.78, 5) is 22.1. The molecule has 20 heavy (non-hydrogen) atoms. The van der Waals surface area contributed by atoms with Gasteiger partial charge in [0.15, 0.2) is 0 Å². The van der Waals surface area contributed by atoms with Gasteiger partial charge >= 0.3 is 0 Å². The Bertz CT molecular complexity index is 492. The lowest BCUT2D eigenvalue weighted by Crippen LogP contribution is -2.46. The zero-order valence-electron chi connectivity index (χ0n) is 12.0. The summed E-state index contributed by atoms with van der Waals surface area (Å²) in [7, 11) is 0. The number of hydrogen-bond donors (Lipinski definition) is 3. The van der Waals surface area contributed by atoms with E-state index in [1.165, 1.54) is 6.33 Å². The minimum atomic E-state index is -0.244. The quantitative estimate of drug-likeness (QED) is 0.543. The van der Waals surface area contributed by atoms with Crippen molar-refractivity contribution in [2.24, 2.45) is 17.5 Å². The second-order valence-electron chi connectivity index (χ2n) is 5.20. The fourth-order valence-corrected chi connectivity index (χ4v) is 2.73. The van der Waals surface area contributed by atoms with Gasteiger partial charge in [-0.1, -0.05) is 6.92 Å². The zero-order valence-corrected chi connectivity index (χ0v) is 12.0. The maximum Gasteiger partial charge on any atom is 0.222 e. The first-order valence-corrected chi connectivity index (χ1v) is 6.94. The molecule has 2 atom stereocenters. The Morgan fingerprint density at radius 2 is 2.25 bits per heavy atom. The molecule has 0 aromatic carbocycles. The first-order chi connectivity index (χ1) is 9.58. The number of hydrazine groups is 1. The average Bonchev–Trinajstić information content (AvgIpc) is 2.46. The SMILES string of the molecule is CCc1c(NN)ncnc1N1CC(C(N)=O)CCC1C. The molecule has 1 aliphatic rings. The number of nitrogens with zero attached hydrogens (tertiary/aromatic N) is 3. The van der Waals surface area contributed by atoms with Gasteiger partial charge in [0.25, 0.3) is 0 Å². The van der Waals surface area contributed by atoms with Gasteiger partial charge in [0.2, 0.25) is 5.91 Å². The van der Waals surface area contributed by atoms with E-state index in [-0.39, 0.29) is 11.8 Å². The van der Waals surface area contributed by atoms with Crippen LogP contribution in [0.25, 0.3) is 0 Å². The van der Waals surface area contributed by atoms with E-state index in [0.29, 0.717) is 18.4 Å². The molecule has 7 nitrogen and oxygen atoms in total. The minimum Gasteiger partial charge on any atom is -0.369 e. The lowest BCUT2D eigenvalue weighted by molar-refractivity contribution is -0.122. The molecule has 1 aromatic rings. The topological polar surface area (TPSA) is 110 Å². The molecule has 110 valence electrons. The fourth-order valence-electron chi connectivity index (χ4n) is 2.73. The predicted octanol–water partition coefficient (Wildman–Crippen LogP) is 0.415. The van der Waals surface area contributed by atoms with Gasteiger partial charge in [-0.25, -0.2) is 15.8 Å². The lowest BCUT2D eigenvalue weighted by atomic mass is 9.92. The van der Waals surface area contributed by atoms with Crippen molar-refractivity contribution in [3.05, 3.63) is 11.9 Å². The Labute approximate surface area is 118 Å². The molecular formula is C13H22N6O. The molecule has 0 aliphatic carbocycles. The molecule has 0 radical (unpaired) electrons. The molecule has 1 aliphatic heterocycles. The second kappa shape index (κ2) is 6.04. The monoisotopic (exact) mass is 278 g/mol. The Hall–Kier alpha value is -1.89. The third-order valence-corrected chi connectivity index (χ3v) is 3.97. The number of anilines is 2. The van der Waals surface area contributed by atoms with E-state index in [9.17, 15) is 4.79 Å². The number of amides is 1. The first-order valence-electron chi connectivity index (χ1n) is 6.94. The smallest absolute Gasteiger partial charge is 0.222 e. The summed E-state index contributed by atoms with van der Waals surface area (Å²) < 4.78 is 0. The number of hydrogen-bond acceptors (Lipinski definition) is 6. The summed E-state index contributed by atoms with van der Waals surface area (Å²) >= 11 is 0. The van der Waals surface area contributed by atoms with Crippen molar-refractivity contribution in [3.63, 3.8) is 0 Å². The van der Waals surface area contributed by atoms with Crippen LogP contribution >= 0.6 is 0 Å². The minimum absolute atomic E-state index is 0.125. The fraction of sp³-hybridized carbons (Fsp3) is 0.615. The van der Waals surface area contributed by atoms with Gasteiger partial charge in [0.1, 0.15) is 18.0 Å². The summed E-state index contributed by atoms with van der Waals surface area (Å²) in [5.41, 5.74) is 9.02. The first kappa shape index (κ1) is 14.5. The summed E-state index contributed by atoms with van der Waals surface area (Å²) in [6.45, 7) is 4.77. The molecule has 2 heterocycles. The Balaban J connectivity index is 2.35. The van der Waals surface area contributed by atoms with Crippen molar-refractivity contribution in [1.29, 1.82) is 0 Å². The largest absolute Gasteiger partial charge is 0.369 e. The number of primary amides is 1. The highest BCUT2D eigenvalue weighted by Gasteiger charge is 2.31. The number of carbonyl (C=O) groups excluding carboxylic acids is 1. The van der Waals surface area contributed by atoms with Crippen molar-refractivity contribution in [1.82, 2.24) is 9.97 Å². The molecule has 1 aromatic heterocycles. The average molecular weight is 278 g/mol. The lowest BCUT2D eigenvalue weighted by Gasteiger charge is -2.38. The molecule has 0 bridgehead atoms. The van der Waals surface area contributed by atoms with Gasteiger partial charge in [0.05, 0.1) is 5.92 Å². The maximum atomic E-state index is 11.4. The molecule has 2 unspecified atom stereocenters. The number of nitrogens with two attached hydrogens (primary N) is 2. The van der Waals surface area contributed by atoms with E-state index in [2.05, 4.69) is 27.2 Å². The molecule has 5 N–H and O–H groups in total. The van der Waals surface area contributed by atoms with Crippen LogP contribution in [0.4, 0.5) is 11.6 Å². The Morgan fingerprint density at radius 3 is 2.85 bits per heavy atom. The van der Waals surface area contributed by atoms with Gasteiger partial charge in [-0.2, -0.15) is 0 Å². The van der Waals surface area contributed by atoms with Gasteiger partial charge in [-0.3, -0.25) is 4.79 Å². The van der Waals surface area contributed by atoms with Crippen molar-refractivity contribution in [2.45, 2.75) is 39.2 Å². The second-order valence-corrected chi connectivity index (χ2v) is 5.20. The third kappa shape index (κ3) is 2.67. The number of nitrogens with one attached hydrogen (secondary N) is 1. The van der Waals surface area contributed by atoms with Crippen LogP contribution in [-0.4, -0.2) is 28.5 Å². The molecule has 1 fully saturated rings. The van der Waals surface area contributed by atoms with Gasteiger partial charge in [0, 0.05) is 18.2 Å². The van der Waals surface area contributed by atoms with E-state index >= 15 is 0 Å². The van der Waals surface area contributed by atoms with Crippen LogP contribution in [0, 0.1) is 5.92 Å². The van der Waals surface area contributed by atoms with Crippen molar-refractivity contribution in [2.75, 3.05) is 16.9 Å². The van der Waals surface area contributed by atoms with Crippen LogP contribution in [0.15, 0.2) is 6.33 Å². The Morgan fingerprint density at radius 1 is 1.50 bits per heavy atom.